The van der Waals surface area contributed by atoms with Gasteiger partial charge in [-0.25, -0.2) is 19.9 Å². The van der Waals surface area contributed by atoms with E-state index >= 15 is 0 Å². The monoisotopic (exact) mass is 284 g/mol. The van der Waals surface area contributed by atoms with E-state index in [1.807, 2.05) is 32.0 Å². The lowest BCUT2D eigenvalue weighted by Crippen LogP contribution is -2.26. The zero-order chi connectivity index (χ0) is 14.8. The Bertz CT molecular complexity index is 613. The van der Waals surface area contributed by atoms with E-state index in [9.17, 15) is 0 Å². The molecule has 21 heavy (non-hydrogen) atoms. The SMILES string of the molecule is Cc1nc(C2CCCN2c2ncccn2)cc(N(C)C)n1. The lowest BCUT2D eigenvalue weighted by atomic mass is 10.1. The Morgan fingerprint density at radius 1 is 1.19 bits per heavy atom. The number of aryl methyl sites for hydroxylation is 1. The second kappa shape index (κ2) is 5.63. The van der Waals surface area contributed by atoms with E-state index in [0.717, 1.165) is 42.7 Å². The minimum Gasteiger partial charge on any atom is -0.363 e. The van der Waals surface area contributed by atoms with Crippen LogP contribution in [-0.4, -0.2) is 40.6 Å². The van der Waals surface area contributed by atoms with E-state index in [0.29, 0.717) is 0 Å². The van der Waals surface area contributed by atoms with Crippen molar-refractivity contribution in [1.82, 2.24) is 19.9 Å². The Balaban J connectivity index is 1.95. The molecule has 0 aliphatic carbocycles. The van der Waals surface area contributed by atoms with Gasteiger partial charge >= 0.3 is 0 Å². The van der Waals surface area contributed by atoms with Crippen LogP contribution < -0.4 is 9.80 Å². The number of rotatable bonds is 3. The van der Waals surface area contributed by atoms with Crippen molar-refractivity contribution in [3.05, 3.63) is 36.0 Å². The van der Waals surface area contributed by atoms with Crippen LogP contribution in [0, 0.1) is 6.92 Å². The molecule has 2 aromatic rings. The van der Waals surface area contributed by atoms with Crippen molar-refractivity contribution in [2.75, 3.05) is 30.4 Å². The molecule has 1 atom stereocenters. The molecule has 1 fully saturated rings. The maximum absolute atomic E-state index is 4.64. The third-order valence-corrected chi connectivity index (χ3v) is 3.71. The number of nitrogens with zero attached hydrogens (tertiary/aromatic N) is 6. The number of anilines is 2. The van der Waals surface area contributed by atoms with Gasteiger partial charge in [0.15, 0.2) is 0 Å². The van der Waals surface area contributed by atoms with Gasteiger partial charge < -0.3 is 9.80 Å². The Morgan fingerprint density at radius 3 is 2.67 bits per heavy atom. The van der Waals surface area contributed by atoms with E-state index < -0.39 is 0 Å². The number of hydrogen-bond donors (Lipinski definition) is 0. The molecule has 0 spiro atoms. The van der Waals surface area contributed by atoms with Crippen molar-refractivity contribution in [3.63, 3.8) is 0 Å². The smallest absolute Gasteiger partial charge is 0.225 e. The fourth-order valence-electron chi connectivity index (χ4n) is 2.73. The molecule has 1 unspecified atom stereocenters. The van der Waals surface area contributed by atoms with Crippen molar-refractivity contribution in [2.24, 2.45) is 0 Å². The summed E-state index contributed by atoms with van der Waals surface area (Å²) >= 11 is 0. The molecule has 1 saturated heterocycles. The summed E-state index contributed by atoms with van der Waals surface area (Å²) in [5.74, 6) is 2.53. The molecule has 3 heterocycles. The molecule has 1 aliphatic rings. The normalized spacial score (nSPS) is 18.0. The predicted octanol–water partition coefficient (Wildman–Crippen LogP) is 1.98. The molecule has 6 heteroatoms. The van der Waals surface area contributed by atoms with Crippen molar-refractivity contribution in [3.8, 4) is 0 Å². The topological polar surface area (TPSA) is 58.0 Å². The highest BCUT2D eigenvalue weighted by Crippen LogP contribution is 2.34. The summed E-state index contributed by atoms with van der Waals surface area (Å²) in [5, 5.41) is 0. The lowest BCUT2D eigenvalue weighted by Gasteiger charge is -2.25. The Morgan fingerprint density at radius 2 is 1.95 bits per heavy atom. The van der Waals surface area contributed by atoms with Crippen LogP contribution in [0.3, 0.4) is 0 Å². The van der Waals surface area contributed by atoms with Gasteiger partial charge in [0.25, 0.3) is 0 Å². The molecule has 3 rings (SSSR count). The summed E-state index contributed by atoms with van der Waals surface area (Å²) in [6.45, 7) is 2.91. The number of aromatic nitrogens is 4. The molecule has 2 aromatic heterocycles. The predicted molar refractivity (Wildman–Crippen MR) is 82.4 cm³/mol. The van der Waals surface area contributed by atoms with E-state index in [1.54, 1.807) is 12.4 Å². The van der Waals surface area contributed by atoms with Crippen LogP contribution in [-0.2, 0) is 0 Å². The van der Waals surface area contributed by atoms with Crippen LogP contribution >= 0.6 is 0 Å². The first-order valence-electron chi connectivity index (χ1n) is 7.22. The Kier molecular flexibility index (Phi) is 3.68. The molecule has 0 N–H and O–H groups in total. The van der Waals surface area contributed by atoms with Crippen LogP contribution in [0.4, 0.5) is 11.8 Å². The van der Waals surface area contributed by atoms with Gasteiger partial charge in [0.05, 0.1) is 11.7 Å². The minimum atomic E-state index is 0.229. The first kappa shape index (κ1) is 13.7. The summed E-state index contributed by atoms with van der Waals surface area (Å²) in [5.41, 5.74) is 1.05. The molecule has 0 aromatic carbocycles. The second-order valence-corrected chi connectivity index (χ2v) is 5.49. The van der Waals surface area contributed by atoms with Crippen LogP contribution in [0.25, 0.3) is 0 Å². The number of hydrogen-bond acceptors (Lipinski definition) is 6. The van der Waals surface area contributed by atoms with Gasteiger partial charge in [-0.1, -0.05) is 0 Å². The first-order valence-corrected chi connectivity index (χ1v) is 7.22. The third-order valence-electron chi connectivity index (χ3n) is 3.71. The van der Waals surface area contributed by atoms with E-state index in [4.69, 9.17) is 0 Å². The molecule has 1 aliphatic heterocycles. The molecule has 6 nitrogen and oxygen atoms in total. The van der Waals surface area contributed by atoms with Gasteiger partial charge in [0, 0.05) is 39.1 Å². The van der Waals surface area contributed by atoms with E-state index in [1.165, 1.54) is 0 Å². The first-order chi connectivity index (χ1) is 10.1. The van der Waals surface area contributed by atoms with Crippen LogP contribution in [0.15, 0.2) is 24.5 Å². The summed E-state index contributed by atoms with van der Waals surface area (Å²) in [7, 11) is 4.00. The molecular formula is C15H20N6. The van der Waals surface area contributed by atoms with Crippen molar-refractivity contribution < 1.29 is 0 Å². The summed E-state index contributed by atoms with van der Waals surface area (Å²) < 4.78 is 0. The molecular weight excluding hydrogens is 264 g/mol. The van der Waals surface area contributed by atoms with Gasteiger partial charge in [-0.05, 0) is 25.8 Å². The molecule has 0 saturated carbocycles. The van der Waals surface area contributed by atoms with E-state index in [2.05, 4.69) is 30.9 Å². The molecule has 0 bridgehead atoms. The fraction of sp³-hybridized carbons (Fsp3) is 0.467. The standard InChI is InChI=1S/C15H20N6/c1-11-18-12(10-14(19-11)20(2)3)13-6-4-9-21(13)15-16-7-5-8-17-15/h5,7-8,10,13H,4,6,9H2,1-3H3. The zero-order valence-electron chi connectivity index (χ0n) is 12.7. The zero-order valence-corrected chi connectivity index (χ0v) is 12.7. The van der Waals surface area contributed by atoms with Gasteiger partial charge in [-0.3, -0.25) is 0 Å². The maximum atomic E-state index is 4.64. The Labute approximate surface area is 124 Å². The highest BCUT2D eigenvalue weighted by atomic mass is 15.3. The maximum Gasteiger partial charge on any atom is 0.225 e. The highest BCUT2D eigenvalue weighted by Gasteiger charge is 2.29. The van der Waals surface area contributed by atoms with Crippen LogP contribution in [0.1, 0.15) is 30.4 Å². The average Bonchev–Trinajstić information content (AvgIpc) is 2.97. The van der Waals surface area contributed by atoms with Crippen molar-refractivity contribution >= 4 is 11.8 Å². The summed E-state index contributed by atoms with van der Waals surface area (Å²) in [6.07, 6.45) is 5.77. The third kappa shape index (κ3) is 2.79. The van der Waals surface area contributed by atoms with E-state index in [-0.39, 0.29) is 6.04 Å². The fourth-order valence-corrected chi connectivity index (χ4v) is 2.73. The van der Waals surface area contributed by atoms with Gasteiger partial charge in [-0.15, -0.1) is 0 Å². The minimum absolute atomic E-state index is 0.229. The van der Waals surface area contributed by atoms with Crippen molar-refractivity contribution in [1.29, 1.82) is 0 Å². The average molecular weight is 284 g/mol. The Hall–Kier alpha value is -2.24. The molecule has 0 amide bonds. The van der Waals surface area contributed by atoms with Crippen molar-refractivity contribution in [2.45, 2.75) is 25.8 Å². The van der Waals surface area contributed by atoms with Gasteiger partial charge in [0.2, 0.25) is 5.95 Å². The van der Waals surface area contributed by atoms with Gasteiger partial charge in [0.1, 0.15) is 11.6 Å². The highest BCUT2D eigenvalue weighted by molar-refractivity contribution is 5.42. The summed E-state index contributed by atoms with van der Waals surface area (Å²) in [4.78, 5) is 22.1. The second-order valence-electron chi connectivity index (χ2n) is 5.49. The van der Waals surface area contributed by atoms with Crippen LogP contribution in [0.2, 0.25) is 0 Å². The lowest BCUT2D eigenvalue weighted by molar-refractivity contribution is 0.672. The molecule has 110 valence electrons. The summed E-state index contributed by atoms with van der Waals surface area (Å²) in [6, 6.07) is 4.14. The largest absolute Gasteiger partial charge is 0.363 e. The molecule has 0 radical (unpaired) electrons. The van der Waals surface area contributed by atoms with Crippen LogP contribution in [0.5, 0.6) is 0 Å². The van der Waals surface area contributed by atoms with Gasteiger partial charge in [-0.2, -0.15) is 0 Å². The quantitative estimate of drug-likeness (QED) is 0.859.